The average Bonchev–Trinajstić information content (AvgIpc) is 3.52. The maximum atomic E-state index is 12.9. The van der Waals surface area contributed by atoms with Crippen LogP contribution in [0.4, 0.5) is 5.82 Å². The number of nitrogens with zero attached hydrogens (tertiary/aromatic N) is 5. The molecule has 3 fully saturated rings. The Balaban J connectivity index is 1.27. The molecule has 2 bridgehead atoms. The number of nitrogens with two attached hydrogens (primary N) is 1. The number of anilines is 1. The SMILES string of the molecule is CN1CCC[C@H]1COc1nc(N2C[C@H]3CC[C@@H](C2)N3C(=O)CS(N)(=O)=O)c2ccc(-c3cc(O)cc4ccccc34)cc2n1. The van der Waals surface area contributed by atoms with Gasteiger partial charge in [-0.1, -0.05) is 30.3 Å². The van der Waals surface area contributed by atoms with E-state index in [0.717, 1.165) is 70.8 Å². The minimum Gasteiger partial charge on any atom is -0.508 e. The fourth-order valence-corrected chi connectivity index (χ4v) is 7.68. The van der Waals surface area contributed by atoms with Crippen molar-refractivity contribution in [2.75, 3.05) is 43.9 Å². The van der Waals surface area contributed by atoms with Crippen molar-refractivity contribution in [1.29, 1.82) is 0 Å². The van der Waals surface area contributed by atoms with Crippen LogP contribution in [0, 0.1) is 0 Å². The van der Waals surface area contributed by atoms with Crippen molar-refractivity contribution in [3.8, 4) is 22.9 Å². The number of ether oxygens (including phenoxy) is 1. The summed E-state index contributed by atoms with van der Waals surface area (Å²) in [6.45, 7) is 2.56. The predicted octanol–water partition coefficient (Wildman–Crippen LogP) is 3.10. The normalized spacial score (nSPS) is 22.3. The molecule has 230 valence electrons. The molecule has 0 radical (unpaired) electrons. The van der Waals surface area contributed by atoms with Crippen LogP contribution in [0.15, 0.2) is 54.6 Å². The van der Waals surface area contributed by atoms with E-state index in [0.29, 0.717) is 31.7 Å². The van der Waals surface area contributed by atoms with Crippen molar-refractivity contribution < 1.29 is 23.1 Å². The molecule has 44 heavy (non-hydrogen) atoms. The Kier molecular flexibility index (Phi) is 7.30. The molecule has 7 rings (SSSR count). The Morgan fingerprint density at radius 2 is 1.80 bits per heavy atom. The van der Waals surface area contributed by atoms with Crippen molar-refractivity contribution >= 4 is 43.4 Å². The zero-order valence-electron chi connectivity index (χ0n) is 24.6. The van der Waals surface area contributed by atoms with E-state index in [1.54, 1.807) is 17.0 Å². The second kappa shape index (κ2) is 11.2. The van der Waals surface area contributed by atoms with Crippen LogP contribution in [-0.2, 0) is 14.8 Å². The number of piperazine rings is 1. The van der Waals surface area contributed by atoms with E-state index in [1.807, 2.05) is 42.5 Å². The lowest BCUT2D eigenvalue weighted by Gasteiger charge is -2.41. The number of carbonyl (C=O) groups excluding carboxylic acids is 1. The Morgan fingerprint density at radius 3 is 2.52 bits per heavy atom. The predicted molar refractivity (Wildman–Crippen MR) is 169 cm³/mol. The third-order valence-electron chi connectivity index (χ3n) is 9.28. The molecule has 3 N–H and O–H groups in total. The minimum atomic E-state index is -3.91. The summed E-state index contributed by atoms with van der Waals surface area (Å²) in [5.41, 5.74) is 2.53. The second-order valence-corrected chi connectivity index (χ2v) is 13.9. The molecule has 4 aromatic rings. The van der Waals surface area contributed by atoms with Crippen LogP contribution in [-0.4, -0.2) is 96.4 Å². The summed E-state index contributed by atoms with van der Waals surface area (Å²) in [4.78, 5) is 28.8. The summed E-state index contributed by atoms with van der Waals surface area (Å²) in [7, 11) is -1.81. The monoisotopic (exact) mass is 616 g/mol. The molecule has 3 aliphatic heterocycles. The van der Waals surface area contributed by atoms with Crippen LogP contribution in [0.25, 0.3) is 32.8 Å². The highest BCUT2D eigenvalue weighted by Crippen LogP contribution is 2.38. The number of aromatic hydroxyl groups is 1. The van der Waals surface area contributed by atoms with Gasteiger partial charge in [-0.3, -0.25) is 4.79 Å². The number of aromatic nitrogens is 2. The van der Waals surface area contributed by atoms with Gasteiger partial charge < -0.3 is 24.5 Å². The van der Waals surface area contributed by atoms with Crippen molar-refractivity contribution in [3.63, 3.8) is 0 Å². The minimum absolute atomic E-state index is 0.137. The van der Waals surface area contributed by atoms with Gasteiger partial charge in [0.1, 0.15) is 23.9 Å². The maximum absolute atomic E-state index is 12.9. The van der Waals surface area contributed by atoms with Crippen LogP contribution in [0.5, 0.6) is 11.8 Å². The lowest BCUT2D eigenvalue weighted by molar-refractivity contribution is -0.131. The van der Waals surface area contributed by atoms with Crippen molar-refractivity contribution in [1.82, 2.24) is 19.8 Å². The van der Waals surface area contributed by atoms with E-state index < -0.39 is 21.7 Å². The van der Waals surface area contributed by atoms with Gasteiger partial charge in [0.15, 0.2) is 0 Å². The van der Waals surface area contributed by atoms with E-state index in [4.69, 9.17) is 19.8 Å². The summed E-state index contributed by atoms with van der Waals surface area (Å²) in [6.07, 6.45) is 3.76. The lowest BCUT2D eigenvalue weighted by Crippen LogP contribution is -2.57. The summed E-state index contributed by atoms with van der Waals surface area (Å²) in [5.74, 6) is -0.207. The molecule has 3 aromatic carbocycles. The number of primary sulfonamides is 1. The Morgan fingerprint density at radius 1 is 1.02 bits per heavy atom. The molecule has 3 saturated heterocycles. The van der Waals surface area contributed by atoms with Gasteiger partial charge in [0.25, 0.3) is 0 Å². The third-order valence-corrected chi connectivity index (χ3v) is 9.93. The number of carbonyl (C=O) groups is 1. The molecular weight excluding hydrogens is 580 g/mol. The number of rotatable bonds is 7. The van der Waals surface area contributed by atoms with Gasteiger partial charge >= 0.3 is 6.01 Å². The van der Waals surface area contributed by atoms with Gasteiger partial charge in [-0.05, 0) is 85.4 Å². The summed E-state index contributed by atoms with van der Waals surface area (Å²) in [5, 5.41) is 18.5. The van der Waals surface area contributed by atoms with Crippen LogP contribution >= 0.6 is 0 Å². The molecule has 3 aliphatic rings. The van der Waals surface area contributed by atoms with Crippen molar-refractivity contribution in [2.24, 2.45) is 5.14 Å². The molecule has 12 heteroatoms. The first-order valence-corrected chi connectivity index (χ1v) is 16.8. The fraction of sp³-hybridized carbons (Fsp3) is 0.406. The summed E-state index contributed by atoms with van der Waals surface area (Å²) >= 11 is 0. The molecule has 11 nitrogen and oxygen atoms in total. The average molecular weight is 617 g/mol. The molecule has 0 aliphatic carbocycles. The Labute approximate surface area is 256 Å². The highest BCUT2D eigenvalue weighted by molar-refractivity contribution is 7.89. The van der Waals surface area contributed by atoms with Crippen LogP contribution in [0.3, 0.4) is 0 Å². The van der Waals surface area contributed by atoms with Gasteiger partial charge in [0.2, 0.25) is 15.9 Å². The number of hydrogen-bond acceptors (Lipinski definition) is 9. The number of hydrogen-bond donors (Lipinski definition) is 2. The van der Waals surface area contributed by atoms with E-state index in [1.165, 1.54) is 0 Å². The van der Waals surface area contributed by atoms with Crippen molar-refractivity contribution in [2.45, 2.75) is 43.8 Å². The molecule has 1 amide bonds. The van der Waals surface area contributed by atoms with E-state index in [2.05, 4.69) is 16.8 Å². The van der Waals surface area contributed by atoms with E-state index in [9.17, 15) is 18.3 Å². The third kappa shape index (κ3) is 5.53. The maximum Gasteiger partial charge on any atom is 0.319 e. The number of phenols is 1. The second-order valence-electron chi connectivity index (χ2n) is 12.3. The molecule has 0 spiro atoms. The zero-order valence-corrected chi connectivity index (χ0v) is 25.4. The number of phenolic OH excluding ortho intramolecular Hbond substituents is 1. The Hall–Kier alpha value is -4.00. The number of benzene rings is 3. The standard InChI is InChI=1S/C32H36N6O5S/c1-36-12-4-6-24(36)18-43-32-34-29-14-21(28-15-25(39)13-20-5-2-3-7-26(20)28)8-11-27(29)31(35-32)37-16-22-9-10-23(17-37)38(22)30(40)19-44(33,41)42/h2-3,5,7-8,11,13-15,22-24,39H,4,6,9-10,12,16-19H2,1H3,(H2,33,41,42)/t22-,23+,24-/m0/s1. The quantitative estimate of drug-likeness (QED) is 0.320. The summed E-state index contributed by atoms with van der Waals surface area (Å²) in [6, 6.07) is 17.8. The van der Waals surface area contributed by atoms with Gasteiger partial charge in [-0.25, -0.2) is 13.6 Å². The molecule has 4 heterocycles. The van der Waals surface area contributed by atoms with Crippen molar-refractivity contribution in [3.05, 3.63) is 54.6 Å². The number of amides is 1. The Bertz CT molecular complexity index is 1850. The molecule has 1 aromatic heterocycles. The largest absolute Gasteiger partial charge is 0.508 e. The first kappa shape index (κ1) is 28.8. The number of likely N-dealkylation sites (N-methyl/N-ethyl adjacent to an activating group) is 1. The highest BCUT2D eigenvalue weighted by atomic mass is 32.2. The number of fused-ring (bicyclic) bond motifs is 4. The number of sulfonamides is 1. The topological polar surface area (TPSA) is 142 Å². The fourth-order valence-electron chi connectivity index (χ4n) is 7.19. The molecule has 3 atom stereocenters. The van der Waals surface area contributed by atoms with E-state index in [-0.39, 0.29) is 17.8 Å². The van der Waals surface area contributed by atoms with E-state index >= 15 is 0 Å². The van der Waals surface area contributed by atoms with Gasteiger partial charge in [-0.15, -0.1) is 0 Å². The summed E-state index contributed by atoms with van der Waals surface area (Å²) < 4.78 is 29.6. The molecule has 0 unspecified atom stereocenters. The molecular formula is C32H36N6O5S. The zero-order chi connectivity index (χ0) is 30.6. The van der Waals surface area contributed by atoms with Gasteiger partial charge in [0, 0.05) is 36.6 Å². The first-order valence-electron chi connectivity index (χ1n) is 15.1. The molecule has 0 saturated carbocycles. The lowest BCUT2D eigenvalue weighted by atomic mass is 9.97. The highest BCUT2D eigenvalue weighted by Gasteiger charge is 2.44. The first-order chi connectivity index (χ1) is 21.1. The number of likely N-dealkylation sites (tertiary alicyclic amines) is 1. The van der Waals surface area contributed by atoms with Gasteiger partial charge in [-0.2, -0.15) is 9.97 Å². The van der Waals surface area contributed by atoms with Crippen LogP contribution in [0.2, 0.25) is 0 Å². The van der Waals surface area contributed by atoms with Gasteiger partial charge in [0.05, 0.1) is 5.52 Å². The van der Waals surface area contributed by atoms with Crippen LogP contribution < -0.4 is 14.8 Å². The smallest absolute Gasteiger partial charge is 0.319 e. The van der Waals surface area contributed by atoms with Crippen LogP contribution in [0.1, 0.15) is 25.7 Å².